The van der Waals surface area contributed by atoms with Crippen molar-refractivity contribution in [3.05, 3.63) is 16.4 Å². The fourth-order valence-electron chi connectivity index (χ4n) is 3.85. The Morgan fingerprint density at radius 1 is 1.37 bits per heavy atom. The molecule has 0 aliphatic heterocycles. The third-order valence-electron chi connectivity index (χ3n) is 4.98. The van der Waals surface area contributed by atoms with E-state index in [4.69, 9.17) is 11.6 Å². The quantitative estimate of drug-likeness (QED) is 0.720. The first kappa shape index (κ1) is 13.9. The normalized spacial score (nSPS) is 32.6. The summed E-state index contributed by atoms with van der Waals surface area (Å²) in [5.74, 6) is 2.00. The molecule has 0 radical (unpaired) electrons. The van der Waals surface area contributed by atoms with E-state index in [0.717, 1.165) is 47.3 Å². The maximum atomic E-state index is 6.55. The predicted molar refractivity (Wildman–Crippen MR) is 83.1 cm³/mol. The Bertz CT molecular complexity index is 473. The second-order valence-corrected chi connectivity index (χ2v) is 7.29. The Balaban J connectivity index is 1.87. The molecule has 2 unspecified atom stereocenters. The number of rotatable bonds is 5. The number of hydrogen-bond donors (Lipinski definition) is 0. The van der Waals surface area contributed by atoms with Crippen LogP contribution < -0.4 is 0 Å². The van der Waals surface area contributed by atoms with Crippen LogP contribution >= 0.6 is 27.5 Å². The van der Waals surface area contributed by atoms with Crippen LogP contribution in [0.2, 0.25) is 5.02 Å². The van der Waals surface area contributed by atoms with Gasteiger partial charge in [-0.1, -0.05) is 34.5 Å². The third-order valence-corrected chi connectivity index (χ3v) is 6.61. The SMILES string of the molecule is CCc1nn(CC)c(CC2(CBr)CC3CC3C2)c1Cl. The van der Waals surface area contributed by atoms with Crippen LogP contribution in [0.15, 0.2) is 0 Å². The lowest BCUT2D eigenvalue weighted by molar-refractivity contribution is 0.299. The average Bonchev–Trinajstić information content (AvgIpc) is 2.92. The summed E-state index contributed by atoms with van der Waals surface area (Å²) in [5.41, 5.74) is 2.75. The van der Waals surface area contributed by atoms with Crippen molar-refractivity contribution in [3.63, 3.8) is 0 Å². The lowest BCUT2D eigenvalue weighted by Crippen LogP contribution is -2.25. The molecule has 0 N–H and O–H groups in total. The van der Waals surface area contributed by atoms with Crippen LogP contribution in [0.4, 0.5) is 0 Å². The zero-order valence-electron chi connectivity index (χ0n) is 11.8. The van der Waals surface area contributed by atoms with Gasteiger partial charge < -0.3 is 0 Å². The highest BCUT2D eigenvalue weighted by molar-refractivity contribution is 9.09. The van der Waals surface area contributed by atoms with Crippen LogP contribution in [-0.2, 0) is 19.4 Å². The van der Waals surface area contributed by atoms with Crippen LogP contribution in [0.5, 0.6) is 0 Å². The van der Waals surface area contributed by atoms with Crippen LogP contribution in [-0.4, -0.2) is 15.1 Å². The van der Waals surface area contributed by atoms with E-state index in [1.165, 1.54) is 25.0 Å². The lowest BCUT2D eigenvalue weighted by atomic mass is 9.80. The van der Waals surface area contributed by atoms with Crippen LogP contribution in [0.3, 0.4) is 0 Å². The van der Waals surface area contributed by atoms with E-state index in [9.17, 15) is 0 Å². The van der Waals surface area contributed by atoms with Gasteiger partial charge in [0, 0.05) is 11.9 Å². The van der Waals surface area contributed by atoms with Gasteiger partial charge in [0.25, 0.3) is 0 Å². The topological polar surface area (TPSA) is 17.8 Å². The van der Waals surface area contributed by atoms with Crippen molar-refractivity contribution in [1.82, 2.24) is 9.78 Å². The summed E-state index contributed by atoms with van der Waals surface area (Å²) in [6, 6.07) is 0. The molecular weight excluding hydrogens is 324 g/mol. The Kier molecular flexibility index (Phi) is 3.72. The summed E-state index contributed by atoms with van der Waals surface area (Å²) >= 11 is 10.3. The highest BCUT2D eigenvalue weighted by Crippen LogP contribution is 2.61. The number of aromatic nitrogens is 2. The Morgan fingerprint density at radius 2 is 2.05 bits per heavy atom. The third kappa shape index (κ3) is 2.37. The second-order valence-electron chi connectivity index (χ2n) is 6.35. The van der Waals surface area contributed by atoms with Crippen LogP contribution in [0, 0.1) is 17.3 Å². The molecule has 0 saturated heterocycles. The summed E-state index contributed by atoms with van der Waals surface area (Å²) in [6.07, 6.45) is 6.22. The van der Waals surface area contributed by atoms with Crippen molar-refractivity contribution in [3.8, 4) is 0 Å². The molecule has 2 aliphatic rings. The largest absolute Gasteiger partial charge is 0.268 e. The maximum absolute atomic E-state index is 6.55. The van der Waals surface area contributed by atoms with Gasteiger partial charge in [-0.05, 0) is 56.3 Å². The Hall–Kier alpha value is -0.0200. The zero-order chi connectivity index (χ0) is 13.6. The monoisotopic (exact) mass is 344 g/mol. The number of alkyl halides is 1. The summed E-state index contributed by atoms with van der Waals surface area (Å²) in [7, 11) is 0. The van der Waals surface area contributed by atoms with Gasteiger partial charge in [0.15, 0.2) is 0 Å². The van der Waals surface area contributed by atoms with Crippen molar-refractivity contribution in [2.75, 3.05) is 5.33 Å². The average molecular weight is 346 g/mol. The number of aryl methyl sites for hydroxylation is 2. The fourth-order valence-corrected chi connectivity index (χ4v) is 4.84. The molecule has 2 saturated carbocycles. The highest BCUT2D eigenvalue weighted by Gasteiger charge is 2.53. The number of nitrogens with zero attached hydrogens (tertiary/aromatic N) is 2. The minimum Gasteiger partial charge on any atom is -0.268 e. The van der Waals surface area contributed by atoms with Gasteiger partial charge in [-0.25, -0.2) is 0 Å². The van der Waals surface area contributed by atoms with Crippen molar-refractivity contribution in [1.29, 1.82) is 0 Å². The Labute approximate surface area is 129 Å². The van der Waals surface area contributed by atoms with Gasteiger partial charge in [0.2, 0.25) is 0 Å². The standard InChI is InChI=1S/C15H22BrClN2/c1-3-12-14(17)13(19(4-2)18-12)8-15(9-16)6-10-5-11(10)7-15/h10-11H,3-9H2,1-2H3. The molecule has 3 rings (SSSR count). The lowest BCUT2D eigenvalue weighted by Gasteiger charge is -2.29. The van der Waals surface area contributed by atoms with E-state index in [1.54, 1.807) is 0 Å². The fraction of sp³-hybridized carbons (Fsp3) is 0.800. The molecule has 0 aromatic carbocycles. The van der Waals surface area contributed by atoms with E-state index in [1.807, 2.05) is 0 Å². The van der Waals surface area contributed by atoms with Gasteiger partial charge in [-0.2, -0.15) is 5.10 Å². The van der Waals surface area contributed by atoms with Gasteiger partial charge in [0.05, 0.1) is 16.4 Å². The van der Waals surface area contributed by atoms with E-state index in [0.29, 0.717) is 5.41 Å². The first-order valence-corrected chi connectivity index (χ1v) is 8.92. The molecule has 0 amide bonds. The minimum absolute atomic E-state index is 0.426. The van der Waals surface area contributed by atoms with Crippen molar-refractivity contribution < 1.29 is 0 Å². The van der Waals surface area contributed by atoms with E-state index < -0.39 is 0 Å². The molecule has 2 nitrogen and oxygen atoms in total. The number of fused-ring (bicyclic) bond motifs is 1. The summed E-state index contributed by atoms with van der Waals surface area (Å²) in [5, 5.41) is 6.67. The molecule has 1 aromatic rings. The molecule has 4 heteroatoms. The molecule has 1 heterocycles. The second kappa shape index (κ2) is 5.07. The highest BCUT2D eigenvalue weighted by atomic mass is 79.9. The van der Waals surface area contributed by atoms with E-state index in [2.05, 4.69) is 39.6 Å². The van der Waals surface area contributed by atoms with Gasteiger partial charge >= 0.3 is 0 Å². The van der Waals surface area contributed by atoms with E-state index in [-0.39, 0.29) is 0 Å². The summed E-state index contributed by atoms with van der Waals surface area (Å²) in [6.45, 7) is 5.20. The molecule has 2 aliphatic carbocycles. The summed E-state index contributed by atoms with van der Waals surface area (Å²) < 4.78 is 2.12. The maximum Gasteiger partial charge on any atom is 0.0850 e. The number of hydrogen-bond acceptors (Lipinski definition) is 1. The number of halogens is 2. The smallest absolute Gasteiger partial charge is 0.0850 e. The molecule has 19 heavy (non-hydrogen) atoms. The first-order valence-electron chi connectivity index (χ1n) is 7.42. The Morgan fingerprint density at radius 3 is 2.58 bits per heavy atom. The van der Waals surface area contributed by atoms with Crippen molar-refractivity contribution in [2.45, 2.75) is 52.5 Å². The molecule has 0 spiro atoms. The van der Waals surface area contributed by atoms with E-state index >= 15 is 0 Å². The molecule has 0 bridgehead atoms. The van der Waals surface area contributed by atoms with Crippen LogP contribution in [0.1, 0.15) is 44.5 Å². The predicted octanol–water partition coefficient (Wildman–Crippen LogP) is 4.47. The van der Waals surface area contributed by atoms with Gasteiger partial charge in [0.1, 0.15) is 0 Å². The zero-order valence-corrected chi connectivity index (χ0v) is 14.1. The molecule has 106 valence electrons. The molecule has 2 fully saturated rings. The summed E-state index contributed by atoms with van der Waals surface area (Å²) in [4.78, 5) is 0. The van der Waals surface area contributed by atoms with Crippen LogP contribution in [0.25, 0.3) is 0 Å². The molecule has 1 aromatic heterocycles. The molecular formula is C15H22BrClN2. The van der Waals surface area contributed by atoms with Gasteiger partial charge in [-0.15, -0.1) is 0 Å². The van der Waals surface area contributed by atoms with Crippen molar-refractivity contribution in [2.24, 2.45) is 17.3 Å². The first-order chi connectivity index (χ1) is 9.12. The minimum atomic E-state index is 0.426. The van der Waals surface area contributed by atoms with Gasteiger partial charge in [-0.3, -0.25) is 4.68 Å². The molecule has 2 atom stereocenters. The van der Waals surface area contributed by atoms with Crippen molar-refractivity contribution >= 4 is 27.5 Å².